The van der Waals surface area contributed by atoms with Crippen LogP contribution in [-0.4, -0.2) is 25.1 Å². The zero-order valence-corrected chi connectivity index (χ0v) is 11.0. The molecule has 0 saturated carbocycles. The molecule has 3 heteroatoms. The number of hydrogen-bond acceptors (Lipinski definition) is 3. The summed E-state index contributed by atoms with van der Waals surface area (Å²) in [4.78, 5) is 6.41. The molecule has 0 amide bonds. The third kappa shape index (κ3) is 4.09. The van der Waals surface area contributed by atoms with Gasteiger partial charge in [0.05, 0.1) is 0 Å². The molecule has 0 aliphatic rings. The van der Waals surface area contributed by atoms with Crippen molar-refractivity contribution in [2.75, 3.05) is 24.3 Å². The van der Waals surface area contributed by atoms with Gasteiger partial charge < -0.3 is 10.2 Å². The van der Waals surface area contributed by atoms with Crippen LogP contribution in [0.2, 0.25) is 0 Å². The summed E-state index contributed by atoms with van der Waals surface area (Å²) in [6.45, 7) is 6.67. The number of hydrogen-bond donors (Lipinski definition) is 1. The summed E-state index contributed by atoms with van der Waals surface area (Å²) >= 11 is 0. The Kier molecular flexibility index (Phi) is 4.59. The summed E-state index contributed by atoms with van der Waals surface area (Å²) in [5.74, 6) is 1.67. The first-order valence-electron chi connectivity index (χ1n) is 5.89. The fourth-order valence-corrected chi connectivity index (χ4v) is 1.79. The average Bonchev–Trinajstić information content (AvgIpc) is 2.16. The van der Waals surface area contributed by atoms with E-state index in [0.29, 0.717) is 12.0 Å². The zero-order chi connectivity index (χ0) is 12.1. The van der Waals surface area contributed by atoms with Crippen LogP contribution in [0, 0.1) is 5.92 Å². The lowest BCUT2D eigenvalue weighted by Gasteiger charge is -2.18. The minimum atomic E-state index is 0.463. The van der Waals surface area contributed by atoms with Gasteiger partial charge in [-0.05, 0) is 25.3 Å². The summed E-state index contributed by atoms with van der Waals surface area (Å²) in [7, 11) is 4.08. The van der Waals surface area contributed by atoms with E-state index in [1.165, 1.54) is 5.69 Å². The monoisotopic (exact) mass is 221 g/mol. The molecule has 1 aromatic heterocycles. The quantitative estimate of drug-likeness (QED) is 0.828. The molecule has 1 rings (SSSR count). The van der Waals surface area contributed by atoms with Gasteiger partial charge in [0.25, 0.3) is 0 Å². The summed E-state index contributed by atoms with van der Waals surface area (Å²) < 4.78 is 0. The van der Waals surface area contributed by atoms with Crippen LogP contribution in [0.5, 0.6) is 0 Å². The molecule has 1 unspecified atom stereocenters. The van der Waals surface area contributed by atoms with Gasteiger partial charge in [0.15, 0.2) is 0 Å². The van der Waals surface area contributed by atoms with E-state index in [-0.39, 0.29) is 0 Å². The van der Waals surface area contributed by atoms with Gasteiger partial charge in [-0.2, -0.15) is 0 Å². The minimum Gasteiger partial charge on any atom is -0.378 e. The molecule has 1 N–H and O–H groups in total. The maximum Gasteiger partial charge on any atom is 0.128 e. The Bertz CT molecular complexity index is 321. The number of anilines is 2. The highest BCUT2D eigenvalue weighted by Gasteiger charge is 2.06. The van der Waals surface area contributed by atoms with E-state index < -0.39 is 0 Å². The molecule has 0 radical (unpaired) electrons. The number of nitrogens with zero attached hydrogens (tertiary/aromatic N) is 2. The number of nitrogens with one attached hydrogen (secondary N) is 1. The van der Waals surface area contributed by atoms with E-state index in [9.17, 15) is 0 Å². The van der Waals surface area contributed by atoms with Crippen molar-refractivity contribution in [3.63, 3.8) is 0 Å². The van der Waals surface area contributed by atoms with Gasteiger partial charge in [-0.15, -0.1) is 0 Å². The van der Waals surface area contributed by atoms with Crippen molar-refractivity contribution in [2.45, 2.75) is 33.2 Å². The van der Waals surface area contributed by atoms with E-state index in [4.69, 9.17) is 0 Å². The molecule has 1 aromatic rings. The van der Waals surface area contributed by atoms with Gasteiger partial charge in [0, 0.05) is 38.1 Å². The van der Waals surface area contributed by atoms with Crippen LogP contribution in [0.15, 0.2) is 18.3 Å². The lowest BCUT2D eigenvalue weighted by Crippen LogP contribution is -2.18. The average molecular weight is 221 g/mol. The van der Waals surface area contributed by atoms with Crippen LogP contribution in [0.3, 0.4) is 0 Å². The first-order chi connectivity index (χ1) is 7.49. The molecule has 1 heterocycles. The third-order valence-corrected chi connectivity index (χ3v) is 2.48. The van der Waals surface area contributed by atoms with Gasteiger partial charge in [0.2, 0.25) is 0 Å². The van der Waals surface area contributed by atoms with Crippen LogP contribution >= 0.6 is 0 Å². The van der Waals surface area contributed by atoms with Gasteiger partial charge in [-0.25, -0.2) is 4.98 Å². The fourth-order valence-electron chi connectivity index (χ4n) is 1.79. The second kappa shape index (κ2) is 5.73. The molecule has 3 nitrogen and oxygen atoms in total. The molecule has 0 aromatic carbocycles. The van der Waals surface area contributed by atoms with Crippen molar-refractivity contribution in [3.8, 4) is 0 Å². The Labute approximate surface area is 98.9 Å². The smallest absolute Gasteiger partial charge is 0.128 e. The summed E-state index contributed by atoms with van der Waals surface area (Å²) in [6, 6.07) is 4.56. The Morgan fingerprint density at radius 2 is 2.00 bits per heavy atom. The highest BCUT2D eigenvalue weighted by atomic mass is 15.1. The standard InChI is InChI=1S/C13H23N3/c1-10(2)8-11(3)15-13-9-12(16(4)5)6-7-14-13/h6-7,9-11H,8H2,1-5H3,(H,14,15). The largest absolute Gasteiger partial charge is 0.378 e. The maximum atomic E-state index is 4.33. The van der Waals surface area contributed by atoms with E-state index in [1.54, 1.807) is 0 Å². The van der Waals surface area contributed by atoms with E-state index in [1.807, 2.05) is 26.4 Å². The zero-order valence-electron chi connectivity index (χ0n) is 11.0. The molecule has 0 spiro atoms. The van der Waals surface area contributed by atoms with Crippen molar-refractivity contribution in [3.05, 3.63) is 18.3 Å². The SMILES string of the molecule is CC(C)CC(C)Nc1cc(N(C)C)ccn1. The molecule has 0 saturated heterocycles. The predicted octanol–water partition coefficient (Wildman–Crippen LogP) is 2.99. The van der Waals surface area contributed by atoms with Gasteiger partial charge >= 0.3 is 0 Å². The molecule has 0 aliphatic carbocycles. The molecule has 0 fully saturated rings. The van der Waals surface area contributed by atoms with Crippen molar-refractivity contribution in [1.82, 2.24) is 4.98 Å². The first-order valence-corrected chi connectivity index (χ1v) is 5.89. The second-order valence-corrected chi connectivity index (χ2v) is 4.97. The normalized spacial score (nSPS) is 12.6. The molecule has 1 atom stereocenters. The van der Waals surface area contributed by atoms with Crippen LogP contribution in [0.25, 0.3) is 0 Å². The molecular formula is C13H23N3. The Balaban J connectivity index is 2.63. The minimum absolute atomic E-state index is 0.463. The second-order valence-electron chi connectivity index (χ2n) is 4.97. The Morgan fingerprint density at radius 3 is 2.56 bits per heavy atom. The van der Waals surface area contributed by atoms with Gasteiger partial charge in [-0.1, -0.05) is 13.8 Å². The summed E-state index contributed by atoms with van der Waals surface area (Å²) in [6.07, 6.45) is 3.01. The maximum absolute atomic E-state index is 4.33. The first kappa shape index (κ1) is 12.8. The highest BCUT2D eigenvalue weighted by molar-refractivity contribution is 5.53. The Hall–Kier alpha value is -1.25. The molecule has 90 valence electrons. The van der Waals surface area contributed by atoms with Gasteiger partial charge in [-0.3, -0.25) is 0 Å². The van der Waals surface area contributed by atoms with Crippen LogP contribution in [-0.2, 0) is 0 Å². The lowest BCUT2D eigenvalue weighted by molar-refractivity contribution is 0.539. The number of aromatic nitrogens is 1. The van der Waals surface area contributed by atoms with Crippen molar-refractivity contribution < 1.29 is 0 Å². The molecule has 0 bridgehead atoms. The van der Waals surface area contributed by atoms with Crippen molar-refractivity contribution in [2.24, 2.45) is 5.92 Å². The topological polar surface area (TPSA) is 28.2 Å². The third-order valence-electron chi connectivity index (χ3n) is 2.48. The van der Waals surface area contributed by atoms with Gasteiger partial charge in [0.1, 0.15) is 5.82 Å². The van der Waals surface area contributed by atoms with Crippen molar-refractivity contribution >= 4 is 11.5 Å². The molecule has 0 aliphatic heterocycles. The Morgan fingerprint density at radius 1 is 1.31 bits per heavy atom. The molecule has 16 heavy (non-hydrogen) atoms. The van der Waals surface area contributed by atoms with E-state index >= 15 is 0 Å². The number of pyridine rings is 1. The molecular weight excluding hydrogens is 198 g/mol. The van der Waals surface area contributed by atoms with Crippen molar-refractivity contribution in [1.29, 1.82) is 0 Å². The lowest BCUT2D eigenvalue weighted by atomic mass is 10.1. The fraction of sp³-hybridized carbons (Fsp3) is 0.615. The van der Waals surface area contributed by atoms with E-state index in [2.05, 4.69) is 42.0 Å². The van der Waals surface area contributed by atoms with Crippen LogP contribution in [0.1, 0.15) is 27.2 Å². The summed E-state index contributed by atoms with van der Waals surface area (Å²) in [5.41, 5.74) is 1.18. The van der Waals surface area contributed by atoms with Crippen LogP contribution < -0.4 is 10.2 Å². The van der Waals surface area contributed by atoms with E-state index in [0.717, 1.165) is 12.2 Å². The number of rotatable bonds is 5. The van der Waals surface area contributed by atoms with Crippen LogP contribution in [0.4, 0.5) is 11.5 Å². The highest BCUT2D eigenvalue weighted by Crippen LogP contribution is 2.16. The predicted molar refractivity (Wildman–Crippen MR) is 71.1 cm³/mol. The summed E-state index contributed by atoms with van der Waals surface area (Å²) in [5, 5.41) is 3.43.